The van der Waals surface area contributed by atoms with Crippen LogP contribution in [0.2, 0.25) is 0 Å². The number of aromatic amines is 1. The number of amides is 1. The second-order valence-corrected chi connectivity index (χ2v) is 6.19. The first-order valence-corrected chi connectivity index (χ1v) is 7.94. The van der Waals surface area contributed by atoms with Crippen LogP contribution in [0.5, 0.6) is 0 Å². The fourth-order valence-electron chi connectivity index (χ4n) is 3.36. The molecule has 0 aromatic carbocycles. The van der Waals surface area contributed by atoms with Crippen LogP contribution in [0.1, 0.15) is 31.0 Å². The number of halogens is 3. The molecule has 1 aliphatic heterocycles. The van der Waals surface area contributed by atoms with Crippen molar-refractivity contribution < 1.29 is 18.0 Å². The highest BCUT2D eigenvalue weighted by atomic mass is 19.4. The third-order valence-corrected chi connectivity index (χ3v) is 4.46. The van der Waals surface area contributed by atoms with Gasteiger partial charge in [-0.15, -0.1) is 10.2 Å². The van der Waals surface area contributed by atoms with Crippen molar-refractivity contribution in [2.45, 2.75) is 31.4 Å². The van der Waals surface area contributed by atoms with Gasteiger partial charge in [0.1, 0.15) is 12.2 Å². The lowest BCUT2D eigenvalue weighted by atomic mass is 9.97. The molecule has 1 amide bonds. The van der Waals surface area contributed by atoms with Crippen molar-refractivity contribution in [1.29, 1.82) is 0 Å². The van der Waals surface area contributed by atoms with Crippen molar-refractivity contribution in [3.63, 3.8) is 0 Å². The third kappa shape index (κ3) is 2.92. The second-order valence-electron chi connectivity index (χ2n) is 6.19. The number of hydrogen-bond donors (Lipinski definition) is 1. The predicted octanol–water partition coefficient (Wildman–Crippen LogP) is 2.26. The predicted molar refractivity (Wildman–Crippen MR) is 81.9 cm³/mol. The monoisotopic (exact) mass is 352 g/mol. The number of nitrogens with zero attached hydrogens (tertiary/aromatic N) is 5. The minimum Gasteiger partial charge on any atom is -0.345 e. The lowest BCUT2D eigenvalue weighted by molar-refractivity contribution is -0.162. The minimum atomic E-state index is -4.49. The highest BCUT2D eigenvalue weighted by Gasteiger charge is 2.36. The summed E-state index contributed by atoms with van der Waals surface area (Å²) in [5.74, 6) is -0.410. The summed E-state index contributed by atoms with van der Waals surface area (Å²) >= 11 is 0. The highest BCUT2D eigenvalue weighted by Crippen LogP contribution is 2.29. The second kappa shape index (κ2) is 5.71. The summed E-state index contributed by atoms with van der Waals surface area (Å²) in [5, 5.41) is 8.32. The molecule has 0 unspecified atom stereocenters. The molecule has 1 aliphatic rings. The van der Waals surface area contributed by atoms with E-state index in [2.05, 4.69) is 20.2 Å². The molecule has 0 radical (unpaired) electrons. The van der Waals surface area contributed by atoms with Crippen molar-refractivity contribution in [1.82, 2.24) is 29.5 Å². The number of carbonyl (C=O) groups is 1. The van der Waals surface area contributed by atoms with Crippen LogP contribution in [0.4, 0.5) is 13.2 Å². The first-order valence-electron chi connectivity index (χ1n) is 7.94. The molecule has 1 saturated heterocycles. The van der Waals surface area contributed by atoms with Gasteiger partial charge >= 0.3 is 6.18 Å². The van der Waals surface area contributed by atoms with Gasteiger partial charge in [-0.25, -0.2) is 4.98 Å². The van der Waals surface area contributed by atoms with E-state index in [1.165, 1.54) is 4.90 Å². The molecule has 0 spiro atoms. The van der Waals surface area contributed by atoms with Crippen LogP contribution in [0, 0.1) is 0 Å². The number of likely N-dealkylation sites (tertiary alicyclic amines) is 1. The van der Waals surface area contributed by atoms with E-state index in [9.17, 15) is 18.0 Å². The van der Waals surface area contributed by atoms with Gasteiger partial charge < -0.3 is 9.88 Å². The van der Waals surface area contributed by atoms with Gasteiger partial charge in [-0.05, 0) is 18.9 Å². The molecule has 10 heteroatoms. The summed E-state index contributed by atoms with van der Waals surface area (Å²) in [6.07, 6.45) is -1.21. The molecule has 3 aromatic rings. The van der Waals surface area contributed by atoms with E-state index in [1.807, 2.05) is 10.5 Å². The minimum absolute atomic E-state index is 0.165. The SMILES string of the molecule is O=C(CC(F)(F)F)N1CCC[C@@H](c2nnc3cnc4[nH]ccc4n23)C1. The van der Waals surface area contributed by atoms with E-state index < -0.39 is 18.5 Å². The number of alkyl halides is 3. The number of carbonyl (C=O) groups excluding carboxylic acids is 1. The molecule has 0 saturated carbocycles. The van der Waals surface area contributed by atoms with E-state index in [1.54, 1.807) is 12.4 Å². The molecular weight excluding hydrogens is 337 g/mol. The first kappa shape index (κ1) is 15.9. The first-order chi connectivity index (χ1) is 11.9. The smallest absolute Gasteiger partial charge is 0.345 e. The van der Waals surface area contributed by atoms with Gasteiger partial charge in [-0.2, -0.15) is 13.2 Å². The number of aromatic nitrogens is 5. The number of H-pyrrole nitrogens is 1. The Labute approximate surface area is 139 Å². The summed E-state index contributed by atoms with van der Waals surface area (Å²) < 4.78 is 39.3. The Bertz CT molecular complexity index is 930. The maximum Gasteiger partial charge on any atom is 0.397 e. The molecule has 132 valence electrons. The molecule has 25 heavy (non-hydrogen) atoms. The van der Waals surface area contributed by atoms with Crippen molar-refractivity contribution in [3.05, 3.63) is 24.3 Å². The van der Waals surface area contributed by atoms with Gasteiger partial charge in [0.2, 0.25) is 5.91 Å². The fourth-order valence-corrected chi connectivity index (χ4v) is 3.36. The Morgan fingerprint density at radius 2 is 2.20 bits per heavy atom. The van der Waals surface area contributed by atoms with Crippen LogP contribution in [0.25, 0.3) is 16.8 Å². The van der Waals surface area contributed by atoms with E-state index in [4.69, 9.17) is 0 Å². The van der Waals surface area contributed by atoms with E-state index in [0.717, 1.165) is 11.9 Å². The standard InChI is InChI=1S/C15H15F3N6O/c16-15(17,18)6-12(25)23-5-1-2-9(8-23)14-22-21-11-7-20-13-10(24(11)14)3-4-19-13/h3-4,7,9,19H,1-2,5-6,8H2/t9-/m1/s1. The van der Waals surface area contributed by atoms with Crippen LogP contribution in [-0.4, -0.2) is 54.6 Å². The molecule has 1 N–H and O–H groups in total. The summed E-state index contributed by atoms with van der Waals surface area (Å²) in [7, 11) is 0. The topological polar surface area (TPSA) is 79.2 Å². The molecule has 3 aromatic heterocycles. The third-order valence-electron chi connectivity index (χ3n) is 4.46. The number of hydrogen-bond acceptors (Lipinski definition) is 4. The van der Waals surface area contributed by atoms with Gasteiger partial charge in [0.15, 0.2) is 11.3 Å². The van der Waals surface area contributed by atoms with Crippen LogP contribution in [0.3, 0.4) is 0 Å². The quantitative estimate of drug-likeness (QED) is 0.767. The van der Waals surface area contributed by atoms with E-state index >= 15 is 0 Å². The van der Waals surface area contributed by atoms with Crippen molar-refractivity contribution in [2.75, 3.05) is 13.1 Å². The fraction of sp³-hybridized carbons (Fsp3) is 0.467. The van der Waals surface area contributed by atoms with Gasteiger partial charge in [0.05, 0.1) is 11.7 Å². The number of fused-ring (bicyclic) bond motifs is 3. The summed E-state index contributed by atoms with van der Waals surface area (Å²) in [5.41, 5.74) is 2.05. The lowest BCUT2D eigenvalue weighted by Gasteiger charge is -2.32. The molecule has 4 rings (SSSR count). The zero-order valence-corrected chi connectivity index (χ0v) is 13.1. The summed E-state index contributed by atoms with van der Waals surface area (Å²) in [6, 6.07) is 1.84. The number of piperidine rings is 1. The zero-order chi connectivity index (χ0) is 17.6. The van der Waals surface area contributed by atoms with Crippen LogP contribution < -0.4 is 0 Å². The normalized spacial score (nSPS) is 19.0. The Hall–Kier alpha value is -2.65. The van der Waals surface area contributed by atoms with Crippen LogP contribution >= 0.6 is 0 Å². The Balaban J connectivity index is 1.65. The Morgan fingerprint density at radius 1 is 1.36 bits per heavy atom. The zero-order valence-electron chi connectivity index (χ0n) is 13.1. The molecule has 1 fully saturated rings. The van der Waals surface area contributed by atoms with Gasteiger partial charge in [0, 0.05) is 25.2 Å². The molecule has 0 bridgehead atoms. The van der Waals surface area contributed by atoms with E-state index in [0.29, 0.717) is 30.1 Å². The van der Waals surface area contributed by atoms with Gasteiger partial charge in [0.25, 0.3) is 0 Å². The highest BCUT2D eigenvalue weighted by molar-refractivity contribution is 5.77. The van der Waals surface area contributed by atoms with Gasteiger partial charge in [-0.3, -0.25) is 9.20 Å². The maximum absolute atomic E-state index is 12.5. The maximum atomic E-state index is 12.5. The van der Waals surface area contributed by atoms with Crippen LogP contribution in [-0.2, 0) is 4.79 Å². The molecule has 4 heterocycles. The summed E-state index contributed by atoms with van der Waals surface area (Å²) in [6.45, 7) is 0.549. The number of rotatable bonds is 2. The van der Waals surface area contributed by atoms with Crippen molar-refractivity contribution in [3.8, 4) is 0 Å². The van der Waals surface area contributed by atoms with Crippen molar-refractivity contribution in [2.24, 2.45) is 0 Å². The van der Waals surface area contributed by atoms with Gasteiger partial charge in [-0.1, -0.05) is 0 Å². The largest absolute Gasteiger partial charge is 0.397 e. The molecule has 0 aliphatic carbocycles. The molecular formula is C15H15F3N6O. The number of nitrogens with one attached hydrogen (secondary N) is 1. The average Bonchev–Trinajstić information content (AvgIpc) is 3.19. The molecule has 1 atom stereocenters. The van der Waals surface area contributed by atoms with E-state index in [-0.39, 0.29) is 12.5 Å². The Kier molecular flexibility index (Phi) is 3.62. The lowest BCUT2D eigenvalue weighted by Crippen LogP contribution is -2.41. The molecule has 7 nitrogen and oxygen atoms in total. The summed E-state index contributed by atoms with van der Waals surface area (Å²) in [4.78, 5) is 20.4. The Morgan fingerprint density at radius 3 is 3.00 bits per heavy atom. The van der Waals surface area contributed by atoms with Crippen LogP contribution in [0.15, 0.2) is 18.5 Å². The van der Waals surface area contributed by atoms with Crippen molar-refractivity contribution >= 4 is 22.7 Å². The average molecular weight is 352 g/mol.